The van der Waals surface area contributed by atoms with E-state index in [9.17, 15) is 9.90 Å². The van der Waals surface area contributed by atoms with Crippen molar-refractivity contribution in [3.8, 4) is 5.75 Å². The van der Waals surface area contributed by atoms with E-state index in [1.165, 1.54) is 0 Å². The lowest BCUT2D eigenvalue weighted by Gasteiger charge is -2.36. The Hall–Kier alpha value is -2.99. The van der Waals surface area contributed by atoms with Gasteiger partial charge in [-0.25, -0.2) is 0 Å². The first kappa shape index (κ1) is 17.4. The third-order valence-electron chi connectivity index (χ3n) is 4.81. The van der Waals surface area contributed by atoms with Crippen molar-refractivity contribution in [3.05, 3.63) is 66.6 Å². The molecule has 2 aromatic heterocycles. The first-order valence-corrected chi connectivity index (χ1v) is 9.05. The van der Waals surface area contributed by atoms with Crippen LogP contribution in [0.15, 0.2) is 61.1 Å². The molecule has 3 aromatic rings. The minimum atomic E-state index is -0.721. The number of amides is 1. The maximum absolute atomic E-state index is 12.5. The Morgan fingerprint density at radius 3 is 2.93 bits per heavy atom. The Morgan fingerprint density at radius 1 is 1.22 bits per heavy atom. The number of piperidine rings is 1. The number of carbonyl (C=O) groups is 1. The molecule has 1 N–H and O–H groups in total. The lowest BCUT2D eigenvalue weighted by Crippen LogP contribution is -2.51. The molecule has 6 nitrogen and oxygen atoms in total. The summed E-state index contributed by atoms with van der Waals surface area (Å²) < 4.78 is 6.00. The summed E-state index contributed by atoms with van der Waals surface area (Å²) in [6.45, 7) is 0.842. The van der Waals surface area contributed by atoms with Crippen LogP contribution >= 0.6 is 0 Å². The van der Waals surface area contributed by atoms with Gasteiger partial charge in [0.1, 0.15) is 18.0 Å². The van der Waals surface area contributed by atoms with Crippen LogP contribution in [-0.4, -0.2) is 51.2 Å². The first-order chi connectivity index (χ1) is 13.2. The number of carbonyl (C=O) groups excluding carboxylic acids is 1. The topological polar surface area (TPSA) is 75.6 Å². The molecule has 1 saturated heterocycles. The molecule has 0 bridgehead atoms. The Labute approximate surface area is 157 Å². The van der Waals surface area contributed by atoms with Gasteiger partial charge >= 0.3 is 0 Å². The molecule has 6 heteroatoms. The van der Waals surface area contributed by atoms with Crippen molar-refractivity contribution in [1.29, 1.82) is 0 Å². The molecule has 0 aliphatic carbocycles. The Kier molecular flexibility index (Phi) is 4.98. The average Bonchev–Trinajstić information content (AvgIpc) is 2.70. The number of pyridine rings is 2. The van der Waals surface area contributed by atoms with E-state index < -0.39 is 6.10 Å². The third kappa shape index (κ3) is 4.06. The van der Waals surface area contributed by atoms with Crippen molar-refractivity contribution in [1.82, 2.24) is 14.9 Å². The van der Waals surface area contributed by atoms with Crippen LogP contribution in [0.1, 0.15) is 12.0 Å². The lowest BCUT2D eigenvalue weighted by atomic mass is 10.0. The number of likely N-dealkylation sites (tertiary alicyclic amines) is 1. The second-order valence-electron chi connectivity index (χ2n) is 6.75. The number of rotatable bonds is 4. The SMILES string of the molecule is O=C(Cc1cccnc1)N1CC[C@@H](Oc2ccc3ncccc3c2)[C@H](O)C1. The Balaban J connectivity index is 1.37. The number of ether oxygens (including phenoxy) is 1. The number of hydrogen-bond donors (Lipinski definition) is 1. The quantitative estimate of drug-likeness (QED) is 0.769. The van der Waals surface area contributed by atoms with Crippen LogP contribution in [0.25, 0.3) is 10.9 Å². The number of nitrogens with zero attached hydrogens (tertiary/aromatic N) is 3. The van der Waals surface area contributed by atoms with Crippen LogP contribution in [0.3, 0.4) is 0 Å². The molecule has 0 spiro atoms. The summed E-state index contributed by atoms with van der Waals surface area (Å²) >= 11 is 0. The van der Waals surface area contributed by atoms with Crippen molar-refractivity contribution in [3.63, 3.8) is 0 Å². The van der Waals surface area contributed by atoms with Crippen LogP contribution in [0.2, 0.25) is 0 Å². The normalized spacial score (nSPS) is 19.8. The highest BCUT2D eigenvalue weighted by atomic mass is 16.5. The van der Waals surface area contributed by atoms with Crippen LogP contribution in [0, 0.1) is 0 Å². The summed E-state index contributed by atoms with van der Waals surface area (Å²) in [5.41, 5.74) is 1.78. The van der Waals surface area contributed by atoms with Crippen LogP contribution in [-0.2, 0) is 11.2 Å². The van der Waals surface area contributed by atoms with Gasteiger partial charge in [0.2, 0.25) is 5.91 Å². The van der Waals surface area contributed by atoms with Crippen molar-refractivity contribution in [2.45, 2.75) is 25.0 Å². The van der Waals surface area contributed by atoms with E-state index in [2.05, 4.69) is 9.97 Å². The van der Waals surface area contributed by atoms with Gasteiger partial charge in [0.25, 0.3) is 0 Å². The largest absolute Gasteiger partial charge is 0.488 e. The maximum atomic E-state index is 12.5. The second kappa shape index (κ2) is 7.72. The van der Waals surface area contributed by atoms with Crippen LogP contribution in [0.4, 0.5) is 0 Å². The summed E-state index contributed by atoms with van der Waals surface area (Å²) in [7, 11) is 0. The van der Waals surface area contributed by atoms with Gasteiger partial charge in [-0.15, -0.1) is 0 Å². The molecular formula is C21H21N3O3. The lowest BCUT2D eigenvalue weighted by molar-refractivity contribution is -0.136. The number of aliphatic hydroxyl groups excluding tert-OH is 1. The molecule has 138 valence electrons. The smallest absolute Gasteiger partial charge is 0.227 e. The highest BCUT2D eigenvalue weighted by molar-refractivity contribution is 5.80. The van der Waals surface area contributed by atoms with Gasteiger partial charge in [0.15, 0.2) is 0 Å². The highest BCUT2D eigenvalue weighted by Gasteiger charge is 2.31. The van der Waals surface area contributed by atoms with Gasteiger partial charge in [0.05, 0.1) is 18.5 Å². The molecule has 1 fully saturated rings. The zero-order valence-electron chi connectivity index (χ0n) is 14.9. The number of aromatic nitrogens is 2. The molecule has 1 aliphatic heterocycles. The van der Waals surface area contributed by atoms with Crippen LogP contribution in [0.5, 0.6) is 5.75 Å². The molecular weight excluding hydrogens is 342 g/mol. The number of β-amino-alcohol motifs (C(OH)–C–C–N with tert-alkyl or cyclic N) is 1. The van der Waals surface area contributed by atoms with Crippen molar-refractivity contribution in [2.24, 2.45) is 0 Å². The number of fused-ring (bicyclic) bond motifs is 1. The summed E-state index contributed by atoms with van der Waals surface area (Å²) in [5, 5.41) is 11.5. The summed E-state index contributed by atoms with van der Waals surface area (Å²) in [4.78, 5) is 22.5. The van der Waals surface area contributed by atoms with Crippen molar-refractivity contribution >= 4 is 16.8 Å². The molecule has 27 heavy (non-hydrogen) atoms. The first-order valence-electron chi connectivity index (χ1n) is 9.05. The van der Waals surface area contributed by atoms with E-state index in [4.69, 9.17) is 4.74 Å². The molecule has 1 aromatic carbocycles. The second-order valence-corrected chi connectivity index (χ2v) is 6.75. The fourth-order valence-corrected chi connectivity index (χ4v) is 3.37. The standard InChI is InChI=1S/C21H21N3O3/c25-19-14-24(21(26)11-15-3-1-8-22-13-15)10-7-20(19)27-17-5-6-18-16(12-17)4-2-9-23-18/h1-6,8-9,12-13,19-20,25H,7,10-11,14H2/t19-,20-/m1/s1. The van der Waals surface area contributed by atoms with Gasteiger partial charge in [-0.2, -0.15) is 0 Å². The molecule has 4 rings (SSSR count). The van der Waals surface area contributed by atoms with Crippen molar-refractivity contribution in [2.75, 3.05) is 13.1 Å². The molecule has 3 heterocycles. The Bertz CT molecular complexity index is 932. The van der Waals surface area contributed by atoms with Crippen LogP contribution < -0.4 is 4.74 Å². The predicted molar refractivity (Wildman–Crippen MR) is 101 cm³/mol. The van der Waals surface area contributed by atoms with E-state index in [0.29, 0.717) is 25.1 Å². The Morgan fingerprint density at radius 2 is 2.11 bits per heavy atom. The van der Waals surface area contributed by atoms with Gasteiger partial charge in [-0.05, 0) is 35.9 Å². The van der Waals surface area contributed by atoms with E-state index in [-0.39, 0.29) is 18.6 Å². The average molecular weight is 363 g/mol. The van der Waals surface area contributed by atoms with Gasteiger partial charge in [-0.1, -0.05) is 12.1 Å². The summed E-state index contributed by atoms with van der Waals surface area (Å²) in [5.74, 6) is 0.701. The number of aliphatic hydroxyl groups is 1. The van der Waals surface area contributed by atoms with E-state index >= 15 is 0 Å². The van der Waals surface area contributed by atoms with Gasteiger partial charge < -0.3 is 14.7 Å². The summed E-state index contributed by atoms with van der Waals surface area (Å²) in [6.07, 6.45) is 4.96. The van der Waals surface area contributed by atoms with Gasteiger partial charge in [0, 0.05) is 36.9 Å². The van der Waals surface area contributed by atoms with E-state index in [1.807, 2.05) is 42.5 Å². The molecule has 0 unspecified atom stereocenters. The number of benzene rings is 1. The molecule has 1 amide bonds. The monoisotopic (exact) mass is 363 g/mol. The zero-order chi connectivity index (χ0) is 18.6. The highest BCUT2D eigenvalue weighted by Crippen LogP contribution is 2.23. The van der Waals surface area contributed by atoms with E-state index in [1.54, 1.807) is 23.5 Å². The van der Waals surface area contributed by atoms with Crippen molar-refractivity contribution < 1.29 is 14.6 Å². The summed E-state index contributed by atoms with van der Waals surface area (Å²) in [6, 6.07) is 13.3. The third-order valence-corrected chi connectivity index (χ3v) is 4.81. The van der Waals surface area contributed by atoms with Gasteiger partial charge in [-0.3, -0.25) is 14.8 Å². The fraction of sp³-hybridized carbons (Fsp3) is 0.286. The maximum Gasteiger partial charge on any atom is 0.227 e. The minimum absolute atomic E-state index is 0.00252. The molecule has 2 atom stereocenters. The minimum Gasteiger partial charge on any atom is -0.488 e. The number of hydrogen-bond acceptors (Lipinski definition) is 5. The predicted octanol–water partition coefficient (Wildman–Crippen LogP) is 2.21. The fourth-order valence-electron chi connectivity index (χ4n) is 3.37. The molecule has 0 radical (unpaired) electrons. The zero-order valence-corrected chi connectivity index (χ0v) is 14.9. The van der Waals surface area contributed by atoms with E-state index in [0.717, 1.165) is 16.5 Å². The molecule has 0 saturated carbocycles. The molecule has 1 aliphatic rings.